The number of nitrogens with zero attached hydrogens (tertiary/aromatic N) is 3. The molecular weight excluding hydrogens is 174 g/mol. The van der Waals surface area contributed by atoms with Crippen molar-refractivity contribution >= 4 is 0 Å². The summed E-state index contributed by atoms with van der Waals surface area (Å²) >= 11 is 0. The zero-order chi connectivity index (χ0) is 10.6. The fourth-order valence-corrected chi connectivity index (χ4v) is 1.30. The van der Waals surface area contributed by atoms with E-state index in [0.717, 1.165) is 12.2 Å². The highest BCUT2D eigenvalue weighted by atomic mass is 15.6. The minimum Gasteiger partial charge on any atom is -0.246 e. The quantitative estimate of drug-likeness (QED) is 0.630. The molecule has 1 unspecified atom stereocenters. The molecule has 3 nitrogen and oxygen atoms in total. The lowest BCUT2D eigenvalue weighted by molar-refractivity contribution is 0.406. The predicted molar refractivity (Wildman–Crippen MR) is 58.7 cm³/mol. The van der Waals surface area contributed by atoms with Crippen molar-refractivity contribution in [3.63, 3.8) is 0 Å². The van der Waals surface area contributed by atoms with Crippen molar-refractivity contribution in [2.24, 2.45) is 10.3 Å². The Morgan fingerprint density at radius 2 is 2.29 bits per heavy atom. The molecule has 0 saturated heterocycles. The Bertz CT molecular complexity index is 300. The summed E-state index contributed by atoms with van der Waals surface area (Å²) < 4.78 is 0. The van der Waals surface area contributed by atoms with E-state index in [-0.39, 0.29) is 6.04 Å². The first-order valence-electron chi connectivity index (χ1n) is 4.81. The van der Waals surface area contributed by atoms with Crippen molar-refractivity contribution in [2.45, 2.75) is 26.8 Å². The van der Waals surface area contributed by atoms with E-state index < -0.39 is 0 Å². The molecule has 0 N–H and O–H groups in total. The Labute approximate surface area is 85.5 Å². The van der Waals surface area contributed by atoms with E-state index >= 15 is 0 Å². The lowest BCUT2D eigenvalue weighted by Gasteiger charge is -2.12. The molecule has 0 aromatic heterocycles. The van der Waals surface area contributed by atoms with Gasteiger partial charge in [0.1, 0.15) is 0 Å². The van der Waals surface area contributed by atoms with Gasteiger partial charge in [0.2, 0.25) is 0 Å². The first kappa shape index (κ1) is 10.7. The lowest BCUT2D eigenvalue weighted by Crippen LogP contribution is -2.17. The van der Waals surface area contributed by atoms with Gasteiger partial charge in [-0.25, -0.2) is 5.01 Å². The van der Waals surface area contributed by atoms with Gasteiger partial charge in [-0.2, -0.15) is 5.11 Å². The minimum absolute atomic E-state index is 0.280. The van der Waals surface area contributed by atoms with E-state index in [1.807, 2.05) is 44.0 Å². The molecule has 76 valence electrons. The number of hydrogen-bond donors (Lipinski definition) is 0. The van der Waals surface area contributed by atoms with Crippen molar-refractivity contribution in [3.05, 3.63) is 36.1 Å². The van der Waals surface area contributed by atoms with E-state index in [2.05, 4.69) is 16.9 Å². The first-order valence-corrected chi connectivity index (χ1v) is 4.81. The van der Waals surface area contributed by atoms with Crippen LogP contribution in [0.1, 0.15) is 20.8 Å². The zero-order valence-electron chi connectivity index (χ0n) is 9.07. The van der Waals surface area contributed by atoms with Crippen molar-refractivity contribution in [2.75, 3.05) is 6.54 Å². The molecule has 1 aliphatic heterocycles. The third-order valence-electron chi connectivity index (χ3n) is 1.95. The van der Waals surface area contributed by atoms with E-state index in [1.54, 1.807) is 0 Å². The Balaban J connectivity index is 2.59. The Morgan fingerprint density at radius 3 is 2.79 bits per heavy atom. The second kappa shape index (κ2) is 4.74. The third kappa shape index (κ3) is 2.83. The van der Waals surface area contributed by atoms with Crippen molar-refractivity contribution < 1.29 is 0 Å². The molecule has 0 aliphatic carbocycles. The van der Waals surface area contributed by atoms with Crippen LogP contribution in [0.2, 0.25) is 0 Å². The van der Waals surface area contributed by atoms with Crippen LogP contribution in [0.3, 0.4) is 0 Å². The van der Waals surface area contributed by atoms with Crippen LogP contribution in [0.4, 0.5) is 0 Å². The van der Waals surface area contributed by atoms with E-state index in [9.17, 15) is 0 Å². The summed E-state index contributed by atoms with van der Waals surface area (Å²) in [4.78, 5) is 0. The van der Waals surface area contributed by atoms with Gasteiger partial charge in [-0.15, -0.1) is 0 Å². The molecular formula is C11H17N3. The molecule has 0 fully saturated rings. The molecule has 14 heavy (non-hydrogen) atoms. The summed E-state index contributed by atoms with van der Waals surface area (Å²) in [7, 11) is 0. The summed E-state index contributed by atoms with van der Waals surface area (Å²) in [6.07, 6.45) is 6.06. The van der Waals surface area contributed by atoms with Gasteiger partial charge >= 0.3 is 0 Å². The van der Waals surface area contributed by atoms with Gasteiger partial charge in [0.15, 0.2) is 0 Å². The Morgan fingerprint density at radius 1 is 1.57 bits per heavy atom. The second-order valence-electron chi connectivity index (χ2n) is 3.52. The molecule has 3 heteroatoms. The molecule has 0 amide bonds. The van der Waals surface area contributed by atoms with Crippen LogP contribution < -0.4 is 0 Å². The molecule has 1 aliphatic rings. The highest BCUT2D eigenvalue weighted by Gasteiger charge is 2.15. The van der Waals surface area contributed by atoms with Crippen molar-refractivity contribution in [3.8, 4) is 0 Å². The molecule has 0 aromatic carbocycles. The smallest absolute Gasteiger partial charge is 0.0898 e. The average molecular weight is 191 g/mol. The molecule has 0 saturated carbocycles. The van der Waals surface area contributed by atoms with E-state index in [1.165, 1.54) is 5.57 Å². The SMILES string of the molecule is C=C(C=C(C)C=CC)N1CC(C)N=N1. The molecule has 1 atom stereocenters. The van der Waals surface area contributed by atoms with Gasteiger partial charge < -0.3 is 0 Å². The minimum atomic E-state index is 0.280. The van der Waals surface area contributed by atoms with Crippen LogP contribution in [0.15, 0.2) is 46.4 Å². The fraction of sp³-hybridized carbons (Fsp3) is 0.455. The van der Waals surface area contributed by atoms with Gasteiger partial charge in [-0.3, -0.25) is 0 Å². The summed E-state index contributed by atoms with van der Waals surface area (Å²) in [6.45, 7) is 10.9. The standard InChI is InChI=1S/C11H17N3/c1-5-6-9(2)7-11(4)14-8-10(3)12-13-14/h5-7,10H,4,8H2,1-3H3. The highest BCUT2D eigenvalue weighted by Crippen LogP contribution is 2.15. The topological polar surface area (TPSA) is 28.0 Å². The van der Waals surface area contributed by atoms with Gasteiger partial charge in [-0.1, -0.05) is 24.0 Å². The monoisotopic (exact) mass is 191 g/mol. The second-order valence-corrected chi connectivity index (χ2v) is 3.52. The summed E-state index contributed by atoms with van der Waals surface area (Å²) in [6, 6.07) is 0.280. The maximum Gasteiger partial charge on any atom is 0.0898 e. The highest BCUT2D eigenvalue weighted by molar-refractivity contribution is 5.26. The average Bonchev–Trinajstić information content (AvgIpc) is 2.52. The van der Waals surface area contributed by atoms with Gasteiger partial charge in [0, 0.05) is 0 Å². The first-order chi connectivity index (χ1) is 6.63. The summed E-state index contributed by atoms with van der Waals surface area (Å²) in [5, 5.41) is 9.89. The normalized spacial score (nSPS) is 22.4. The van der Waals surface area contributed by atoms with Crippen LogP contribution >= 0.6 is 0 Å². The van der Waals surface area contributed by atoms with Gasteiger partial charge in [-0.05, 0) is 32.4 Å². The Hall–Kier alpha value is -1.38. The molecule has 0 spiro atoms. The lowest BCUT2D eigenvalue weighted by atomic mass is 10.2. The maximum absolute atomic E-state index is 4.03. The number of allylic oxidation sites excluding steroid dienone is 4. The largest absolute Gasteiger partial charge is 0.246 e. The van der Waals surface area contributed by atoms with E-state index in [4.69, 9.17) is 0 Å². The molecule has 0 aromatic rings. The number of rotatable bonds is 3. The van der Waals surface area contributed by atoms with Gasteiger partial charge in [0.25, 0.3) is 0 Å². The molecule has 0 bridgehead atoms. The summed E-state index contributed by atoms with van der Waals surface area (Å²) in [5.74, 6) is 0. The van der Waals surface area contributed by atoms with Crippen LogP contribution in [-0.4, -0.2) is 17.6 Å². The predicted octanol–water partition coefficient (Wildman–Crippen LogP) is 3.09. The maximum atomic E-state index is 4.03. The van der Waals surface area contributed by atoms with Crippen LogP contribution in [0.5, 0.6) is 0 Å². The van der Waals surface area contributed by atoms with Crippen LogP contribution in [0, 0.1) is 0 Å². The Kier molecular flexibility index (Phi) is 3.63. The summed E-state index contributed by atoms with van der Waals surface area (Å²) in [5.41, 5.74) is 2.07. The van der Waals surface area contributed by atoms with Crippen LogP contribution in [-0.2, 0) is 0 Å². The number of hydrogen-bond acceptors (Lipinski definition) is 3. The zero-order valence-corrected chi connectivity index (χ0v) is 9.07. The molecule has 1 rings (SSSR count). The fourth-order valence-electron chi connectivity index (χ4n) is 1.30. The molecule has 1 heterocycles. The van der Waals surface area contributed by atoms with Crippen molar-refractivity contribution in [1.29, 1.82) is 0 Å². The van der Waals surface area contributed by atoms with Crippen molar-refractivity contribution in [1.82, 2.24) is 5.01 Å². The molecule has 0 radical (unpaired) electrons. The van der Waals surface area contributed by atoms with Crippen LogP contribution in [0.25, 0.3) is 0 Å². The van der Waals surface area contributed by atoms with Gasteiger partial charge in [0.05, 0.1) is 18.3 Å². The van der Waals surface area contributed by atoms with E-state index in [0.29, 0.717) is 0 Å². The third-order valence-corrected chi connectivity index (χ3v) is 1.95.